The van der Waals surface area contributed by atoms with Crippen molar-refractivity contribution in [3.8, 4) is 22.8 Å². The van der Waals surface area contributed by atoms with Gasteiger partial charge in [-0.2, -0.15) is 0 Å². The van der Waals surface area contributed by atoms with Crippen LogP contribution in [0.5, 0.6) is 11.5 Å². The van der Waals surface area contributed by atoms with E-state index in [2.05, 4.69) is 82.4 Å². The van der Waals surface area contributed by atoms with Gasteiger partial charge >= 0.3 is 0 Å². The Bertz CT molecular complexity index is 1370. The monoisotopic (exact) mass is 495 g/mol. The summed E-state index contributed by atoms with van der Waals surface area (Å²) in [7, 11) is 3.36. The molecule has 0 radical (unpaired) electrons. The van der Waals surface area contributed by atoms with Gasteiger partial charge in [0.05, 0.1) is 14.2 Å². The number of para-hydroxylation sites is 1. The lowest BCUT2D eigenvalue weighted by Gasteiger charge is -2.36. The Morgan fingerprint density at radius 3 is 2.35 bits per heavy atom. The van der Waals surface area contributed by atoms with E-state index in [1.54, 1.807) is 14.2 Å². The summed E-state index contributed by atoms with van der Waals surface area (Å²) in [4.78, 5) is 8.95. The maximum absolute atomic E-state index is 5.54. The van der Waals surface area contributed by atoms with Crippen molar-refractivity contribution in [2.75, 3.05) is 45.3 Å². The van der Waals surface area contributed by atoms with Gasteiger partial charge < -0.3 is 19.4 Å². The molecule has 5 heteroatoms. The smallest absolute Gasteiger partial charge is 0.161 e. The fraction of sp³-hybridized carbons (Fsp3) is 0.375. The minimum Gasteiger partial charge on any atom is -0.493 e. The summed E-state index contributed by atoms with van der Waals surface area (Å²) in [6, 6.07) is 24.7. The van der Waals surface area contributed by atoms with Crippen molar-refractivity contribution in [1.29, 1.82) is 0 Å². The Labute approximate surface area is 220 Å². The molecule has 2 aliphatic heterocycles. The summed E-state index contributed by atoms with van der Waals surface area (Å²) in [5.41, 5.74) is 7.58. The summed E-state index contributed by atoms with van der Waals surface area (Å²) >= 11 is 0. The fourth-order valence-corrected chi connectivity index (χ4v) is 6.39. The molecule has 1 aromatic heterocycles. The molecule has 0 spiro atoms. The second-order valence-corrected chi connectivity index (χ2v) is 10.5. The second kappa shape index (κ2) is 10.1. The Morgan fingerprint density at radius 2 is 1.59 bits per heavy atom. The lowest BCUT2D eigenvalue weighted by atomic mass is 9.88. The zero-order valence-corrected chi connectivity index (χ0v) is 22.2. The number of methoxy groups -OCH3 is 2. The number of rotatable bonds is 6. The predicted octanol–water partition coefficient (Wildman–Crippen LogP) is 6.62. The van der Waals surface area contributed by atoms with E-state index in [0.717, 1.165) is 29.3 Å². The lowest BCUT2D eigenvalue weighted by molar-refractivity contribution is 0.162. The number of ether oxygens (including phenoxy) is 2. The highest BCUT2D eigenvalue weighted by Gasteiger charge is 2.31. The molecule has 0 amide bonds. The van der Waals surface area contributed by atoms with Gasteiger partial charge in [0, 0.05) is 47.0 Å². The first-order chi connectivity index (χ1) is 18.1. The minimum absolute atomic E-state index is 0.631. The van der Waals surface area contributed by atoms with Gasteiger partial charge in [0.25, 0.3) is 0 Å². The van der Waals surface area contributed by atoms with Crippen LogP contribution in [0.3, 0.4) is 0 Å². The molecule has 0 saturated carbocycles. The number of nitrogens with one attached hydrogen (secondary N) is 1. The number of aryl methyl sites for hydroxylation is 1. The molecule has 3 heterocycles. The van der Waals surface area contributed by atoms with Crippen LogP contribution in [0.1, 0.15) is 36.3 Å². The van der Waals surface area contributed by atoms with Gasteiger partial charge in [-0.05, 0) is 98.8 Å². The third-order valence-electron chi connectivity index (χ3n) is 8.56. The van der Waals surface area contributed by atoms with E-state index in [9.17, 15) is 0 Å². The quantitative estimate of drug-likeness (QED) is 0.326. The molecule has 3 aromatic carbocycles. The molecule has 4 aromatic rings. The van der Waals surface area contributed by atoms with Crippen molar-refractivity contribution < 1.29 is 9.47 Å². The molecule has 6 rings (SSSR count). The van der Waals surface area contributed by atoms with Gasteiger partial charge in [0.15, 0.2) is 11.5 Å². The Morgan fingerprint density at radius 1 is 0.811 bits per heavy atom. The zero-order chi connectivity index (χ0) is 25.4. The van der Waals surface area contributed by atoms with Crippen LogP contribution in [-0.4, -0.2) is 56.3 Å². The number of fused-ring (bicyclic) bond motifs is 1. The van der Waals surface area contributed by atoms with E-state index in [1.165, 1.54) is 66.6 Å². The number of benzene rings is 3. The number of anilines is 1. The SMILES string of the molecule is COc1ccc(-c2[nH]c3ccc(C4CCN(C5CCN(c6ccccc6)C5)CC4)cc3c2C)cc1OC. The molecular weight excluding hydrogens is 458 g/mol. The molecular formula is C32H37N3O2. The van der Waals surface area contributed by atoms with Crippen LogP contribution in [0.15, 0.2) is 66.7 Å². The molecule has 1 unspecified atom stereocenters. The van der Waals surface area contributed by atoms with Crippen molar-refractivity contribution in [2.45, 2.75) is 38.1 Å². The average Bonchev–Trinajstić information content (AvgIpc) is 3.58. The van der Waals surface area contributed by atoms with Gasteiger partial charge in [0.1, 0.15) is 0 Å². The van der Waals surface area contributed by atoms with Gasteiger partial charge in [-0.25, -0.2) is 0 Å². The van der Waals surface area contributed by atoms with Crippen molar-refractivity contribution in [2.24, 2.45) is 0 Å². The molecule has 5 nitrogen and oxygen atoms in total. The van der Waals surface area contributed by atoms with Crippen LogP contribution in [0.4, 0.5) is 5.69 Å². The predicted molar refractivity (Wildman–Crippen MR) is 152 cm³/mol. The number of aromatic amines is 1. The molecule has 37 heavy (non-hydrogen) atoms. The minimum atomic E-state index is 0.631. The first kappa shape index (κ1) is 23.9. The number of hydrogen-bond acceptors (Lipinski definition) is 4. The summed E-state index contributed by atoms with van der Waals surface area (Å²) < 4.78 is 11.0. The number of hydrogen-bond donors (Lipinski definition) is 1. The topological polar surface area (TPSA) is 40.7 Å². The number of piperidine rings is 1. The first-order valence-corrected chi connectivity index (χ1v) is 13.5. The molecule has 0 aliphatic carbocycles. The number of nitrogens with zero attached hydrogens (tertiary/aromatic N) is 2. The van der Waals surface area contributed by atoms with E-state index in [-0.39, 0.29) is 0 Å². The van der Waals surface area contributed by atoms with Crippen LogP contribution in [0.2, 0.25) is 0 Å². The van der Waals surface area contributed by atoms with Crippen LogP contribution in [-0.2, 0) is 0 Å². The third-order valence-corrected chi connectivity index (χ3v) is 8.56. The highest BCUT2D eigenvalue weighted by atomic mass is 16.5. The summed E-state index contributed by atoms with van der Waals surface area (Å²) in [5, 5.41) is 1.32. The zero-order valence-electron chi connectivity index (χ0n) is 22.2. The second-order valence-electron chi connectivity index (χ2n) is 10.5. The van der Waals surface area contributed by atoms with Gasteiger partial charge in [-0.1, -0.05) is 24.3 Å². The molecule has 2 aliphatic rings. The van der Waals surface area contributed by atoms with Gasteiger partial charge in [0.2, 0.25) is 0 Å². The molecule has 1 N–H and O–H groups in total. The highest BCUT2D eigenvalue weighted by Crippen LogP contribution is 2.38. The number of likely N-dealkylation sites (tertiary alicyclic amines) is 1. The standard InChI is InChI=1S/C32H37N3O2/c1-22-28-19-24(9-11-29(28)33-32(22)25-10-12-30(36-2)31(20-25)37-3)23-13-16-34(17-14-23)27-15-18-35(21-27)26-7-5-4-6-8-26/h4-12,19-20,23,27,33H,13-18,21H2,1-3H3. The van der Waals surface area contributed by atoms with E-state index >= 15 is 0 Å². The van der Waals surface area contributed by atoms with Crippen molar-refractivity contribution in [1.82, 2.24) is 9.88 Å². The van der Waals surface area contributed by atoms with Crippen LogP contribution in [0, 0.1) is 6.92 Å². The van der Waals surface area contributed by atoms with Gasteiger partial charge in [-0.3, -0.25) is 4.90 Å². The molecule has 0 bridgehead atoms. The first-order valence-electron chi connectivity index (χ1n) is 13.5. The van der Waals surface area contributed by atoms with E-state index in [0.29, 0.717) is 12.0 Å². The molecule has 2 fully saturated rings. The molecule has 1 atom stereocenters. The normalized spacial score (nSPS) is 19.0. The third kappa shape index (κ3) is 4.57. The van der Waals surface area contributed by atoms with E-state index in [1.807, 2.05) is 6.07 Å². The maximum Gasteiger partial charge on any atom is 0.161 e. The van der Waals surface area contributed by atoms with Crippen LogP contribution < -0.4 is 14.4 Å². The molecule has 2 saturated heterocycles. The van der Waals surface area contributed by atoms with Crippen molar-refractivity contribution in [3.63, 3.8) is 0 Å². The van der Waals surface area contributed by atoms with Crippen molar-refractivity contribution >= 4 is 16.6 Å². The summed E-state index contributed by atoms with van der Waals surface area (Å²) in [6.07, 6.45) is 3.74. The number of aromatic nitrogens is 1. The van der Waals surface area contributed by atoms with E-state index < -0.39 is 0 Å². The largest absolute Gasteiger partial charge is 0.493 e. The Hall–Kier alpha value is -3.44. The fourth-order valence-electron chi connectivity index (χ4n) is 6.39. The summed E-state index contributed by atoms with van der Waals surface area (Å²) in [5.74, 6) is 2.13. The number of H-pyrrole nitrogens is 1. The molecule has 192 valence electrons. The van der Waals surface area contributed by atoms with Crippen LogP contribution >= 0.6 is 0 Å². The Kier molecular flexibility index (Phi) is 6.56. The highest BCUT2D eigenvalue weighted by molar-refractivity contribution is 5.91. The van der Waals surface area contributed by atoms with E-state index in [4.69, 9.17) is 9.47 Å². The van der Waals surface area contributed by atoms with Gasteiger partial charge in [-0.15, -0.1) is 0 Å². The van der Waals surface area contributed by atoms with Crippen LogP contribution in [0.25, 0.3) is 22.2 Å². The Balaban J connectivity index is 1.15. The lowest BCUT2D eigenvalue weighted by Crippen LogP contribution is -2.42. The van der Waals surface area contributed by atoms with Crippen molar-refractivity contribution in [3.05, 3.63) is 77.9 Å². The summed E-state index contributed by atoms with van der Waals surface area (Å²) in [6.45, 7) is 6.93. The average molecular weight is 496 g/mol. The maximum atomic E-state index is 5.54.